The fraction of sp³-hybridized carbons (Fsp3) is 0.423. The van der Waals surface area contributed by atoms with E-state index >= 15 is 0 Å². The second kappa shape index (κ2) is 13.6. The van der Waals surface area contributed by atoms with Gasteiger partial charge in [0.2, 0.25) is 11.8 Å². The lowest BCUT2D eigenvalue weighted by Crippen LogP contribution is -2.50. The summed E-state index contributed by atoms with van der Waals surface area (Å²) in [5, 5.41) is 10.8. The molecule has 0 fully saturated rings. The van der Waals surface area contributed by atoms with Crippen LogP contribution in [0.25, 0.3) is 0 Å². The minimum atomic E-state index is -4.58. The number of halogens is 3. The number of carbonyl (C=O) groups excluding carboxylic acids is 3. The molecule has 0 radical (unpaired) electrons. The molecule has 0 saturated carbocycles. The van der Waals surface area contributed by atoms with Gasteiger partial charge in [0, 0.05) is 12.1 Å². The summed E-state index contributed by atoms with van der Waals surface area (Å²) in [6.45, 7) is 6.95. The number of nitrogens with one attached hydrogen (secondary N) is 4. The molecule has 0 aliphatic heterocycles. The van der Waals surface area contributed by atoms with Crippen molar-refractivity contribution in [2.45, 2.75) is 45.8 Å². The van der Waals surface area contributed by atoms with Crippen LogP contribution in [0, 0.1) is 13.8 Å². The van der Waals surface area contributed by atoms with Gasteiger partial charge in [-0.3, -0.25) is 14.4 Å². The first-order valence-corrected chi connectivity index (χ1v) is 11.8. The first-order valence-electron chi connectivity index (χ1n) is 11.8. The second-order valence-electron chi connectivity index (χ2n) is 8.49. The van der Waals surface area contributed by atoms with Crippen LogP contribution in [0.2, 0.25) is 0 Å². The van der Waals surface area contributed by atoms with Gasteiger partial charge in [0.1, 0.15) is 6.04 Å². The molecule has 10 heteroatoms. The van der Waals surface area contributed by atoms with E-state index in [1.165, 1.54) is 22.8 Å². The molecule has 0 aliphatic rings. The van der Waals surface area contributed by atoms with E-state index in [2.05, 4.69) is 46.4 Å². The van der Waals surface area contributed by atoms with Crippen LogP contribution in [0.3, 0.4) is 0 Å². The summed E-state index contributed by atoms with van der Waals surface area (Å²) in [6, 6.07) is 9.38. The van der Waals surface area contributed by atoms with E-state index in [-0.39, 0.29) is 11.5 Å². The van der Waals surface area contributed by atoms with Crippen LogP contribution in [-0.4, -0.2) is 49.9 Å². The highest BCUT2D eigenvalue weighted by molar-refractivity contribution is 5.97. The van der Waals surface area contributed by atoms with Gasteiger partial charge in [-0.2, -0.15) is 13.2 Å². The lowest BCUT2D eigenvalue weighted by molar-refractivity contribution is -0.137. The van der Waals surface area contributed by atoms with Gasteiger partial charge in [-0.25, -0.2) is 0 Å². The Balaban J connectivity index is 1.84. The third-order valence-corrected chi connectivity index (χ3v) is 5.54. The highest BCUT2D eigenvalue weighted by Crippen LogP contribution is 2.29. The molecule has 196 valence electrons. The fourth-order valence-electron chi connectivity index (χ4n) is 3.63. The van der Waals surface area contributed by atoms with Crippen molar-refractivity contribution in [2.24, 2.45) is 0 Å². The number of benzene rings is 2. The zero-order valence-electron chi connectivity index (χ0n) is 20.7. The van der Waals surface area contributed by atoms with Crippen LogP contribution in [0.4, 0.5) is 13.2 Å². The lowest BCUT2D eigenvalue weighted by Gasteiger charge is -2.19. The molecule has 2 aromatic carbocycles. The molecule has 0 saturated heterocycles. The molecule has 1 atom stereocenters. The van der Waals surface area contributed by atoms with Gasteiger partial charge in [-0.15, -0.1) is 0 Å². The van der Waals surface area contributed by atoms with E-state index in [0.29, 0.717) is 32.1 Å². The molecule has 7 nitrogen and oxygen atoms in total. The maximum absolute atomic E-state index is 12.9. The van der Waals surface area contributed by atoms with Gasteiger partial charge in [-0.05, 0) is 76.0 Å². The Morgan fingerprint density at radius 3 is 2.39 bits per heavy atom. The molecule has 2 aromatic rings. The summed E-state index contributed by atoms with van der Waals surface area (Å²) >= 11 is 0. The van der Waals surface area contributed by atoms with Crippen LogP contribution in [-0.2, 0) is 22.2 Å². The minimum Gasteiger partial charge on any atom is -0.355 e. The predicted molar refractivity (Wildman–Crippen MR) is 131 cm³/mol. The van der Waals surface area contributed by atoms with Crippen LogP contribution >= 0.6 is 0 Å². The molecule has 0 unspecified atom stereocenters. The number of aryl methyl sites for hydroxylation is 2. The largest absolute Gasteiger partial charge is 0.416 e. The molecule has 4 N–H and O–H groups in total. The van der Waals surface area contributed by atoms with Crippen LogP contribution < -0.4 is 21.3 Å². The van der Waals surface area contributed by atoms with Crippen LogP contribution in [0.5, 0.6) is 0 Å². The standard InChI is InChI=1S/C26H33F3N4O3/c1-4-31-25(36)22(11-13-30-12-10-19-9-8-17(2)14-18(19)3)33-23(34)16-32-24(35)20-6-5-7-21(15-20)26(27,28)29/h5-9,14-15,22,30H,4,10-13,16H2,1-3H3,(H,31,36)(H,32,35)(H,33,34)/t22-/m0/s1. The smallest absolute Gasteiger partial charge is 0.355 e. The Kier molecular flexibility index (Phi) is 10.9. The Morgan fingerprint density at radius 1 is 0.972 bits per heavy atom. The van der Waals surface area contributed by atoms with Crippen molar-refractivity contribution in [3.8, 4) is 0 Å². The number of amides is 3. The molecule has 3 amide bonds. The van der Waals surface area contributed by atoms with Gasteiger partial charge < -0.3 is 21.3 Å². The van der Waals surface area contributed by atoms with Crippen molar-refractivity contribution in [1.29, 1.82) is 0 Å². The average molecular weight is 507 g/mol. The third-order valence-electron chi connectivity index (χ3n) is 5.54. The number of rotatable bonds is 12. The van der Waals surface area contributed by atoms with E-state index in [4.69, 9.17) is 0 Å². The maximum Gasteiger partial charge on any atom is 0.416 e. The Hall–Kier alpha value is -3.40. The molecule has 36 heavy (non-hydrogen) atoms. The molecular formula is C26H33F3N4O3. The number of carbonyl (C=O) groups is 3. The summed E-state index contributed by atoms with van der Waals surface area (Å²) in [7, 11) is 0. The Labute approximate surface area is 209 Å². The van der Waals surface area contributed by atoms with E-state index < -0.39 is 36.1 Å². The van der Waals surface area contributed by atoms with Crippen molar-refractivity contribution >= 4 is 17.7 Å². The summed E-state index contributed by atoms with van der Waals surface area (Å²) in [5.74, 6) is -1.80. The van der Waals surface area contributed by atoms with Gasteiger partial charge in [-0.1, -0.05) is 29.8 Å². The topological polar surface area (TPSA) is 99.3 Å². The van der Waals surface area contributed by atoms with E-state index in [0.717, 1.165) is 18.6 Å². The molecular weight excluding hydrogens is 473 g/mol. The summed E-state index contributed by atoms with van der Waals surface area (Å²) in [6.07, 6.45) is -3.43. The number of hydrogen-bond donors (Lipinski definition) is 4. The van der Waals surface area contributed by atoms with E-state index in [9.17, 15) is 27.6 Å². The molecule has 0 aromatic heterocycles. The van der Waals surface area contributed by atoms with E-state index in [1.807, 2.05) is 6.92 Å². The normalized spacial score (nSPS) is 12.1. The average Bonchev–Trinajstić information content (AvgIpc) is 2.82. The number of hydrogen-bond acceptors (Lipinski definition) is 4. The summed E-state index contributed by atoms with van der Waals surface area (Å²) < 4.78 is 38.6. The van der Waals surface area contributed by atoms with Gasteiger partial charge >= 0.3 is 6.18 Å². The van der Waals surface area contributed by atoms with Crippen LogP contribution in [0.15, 0.2) is 42.5 Å². The van der Waals surface area contributed by atoms with Crippen molar-refractivity contribution in [3.63, 3.8) is 0 Å². The van der Waals surface area contributed by atoms with Gasteiger partial charge in [0.05, 0.1) is 12.1 Å². The van der Waals surface area contributed by atoms with Gasteiger partial charge in [0.15, 0.2) is 0 Å². The zero-order valence-corrected chi connectivity index (χ0v) is 20.7. The highest BCUT2D eigenvalue weighted by atomic mass is 19.4. The Morgan fingerprint density at radius 2 is 1.72 bits per heavy atom. The summed E-state index contributed by atoms with van der Waals surface area (Å²) in [5.41, 5.74) is 2.48. The zero-order chi connectivity index (χ0) is 26.7. The molecule has 0 heterocycles. The maximum atomic E-state index is 12.9. The number of likely N-dealkylation sites (N-methyl/N-ethyl adjacent to an activating group) is 1. The van der Waals surface area contributed by atoms with Crippen molar-refractivity contribution in [3.05, 3.63) is 70.3 Å². The molecule has 0 spiro atoms. The predicted octanol–water partition coefficient (Wildman–Crippen LogP) is 2.90. The highest BCUT2D eigenvalue weighted by Gasteiger charge is 2.31. The molecule has 0 aliphatic carbocycles. The SMILES string of the molecule is CCNC(=O)[C@H](CCNCCc1ccc(C)cc1C)NC(=O)CNC(=O)c1cccc(C(F)(F)F)c1. The molecule has 0 bridgehead atoms. The molecule has 2 rings (SSSR count). The monoisotopic (exact) mass is 506 g/mol. The van der Waals surface area contributed by atoms with Gasteiger partial charge in [0.25, 0.3) is 5.91 Å². The quantitative estimate of drug-likeness (QED) is 0.333. The second-order valence-corrected chi connectivity index (χ2v) is 8.49. The fourth-order valence-corrected chi connectivity index (χ4v) is 3.63. The lowest BCUT2D eigenvalue weighted by atomic mass is 10.0. The third kappa shape index (κ3) is 9.33. The number of alkyl halides is 3. The van der Waals surface area contributed by atoms with Crippen molar-refractivity contribution < 1.29 is 27.6 Å². The van der Waals surface area contributed by atoms with E-state index in [1.54, 1.807) is 6.92 Å². The van der Waals surface area contributed by atoms with Crippen molar-refractivity contribution in [1.82, 2.24) is 21.3 Å². The first kappa shape index (κ1) is 28.8. The Bertz CT molecular complexity index is 1060. The minimum absolute atomic E-state index is 0.217. The van der Waals surface area contributed by atoms with Crippen molar-refractivity contribution in [2.75, 3.05) is 26.2 Å². The van der Waals surface area contributed by atoms with Crippen LogP contribution in [0.1, 0.15) is 46.0 Å². The summed E-state index contributed by atoms with van der Waals surface area (Å²) in [4.78, 5) is 36.9. The first-order chi connectivity index (χ1) is 17.0.